The lowest BCUT2D eigenvalue weighted by molar-refractivity contribution is 0.456. The van der Waals surface area contributed by atoms with Crippen LogP contribution >= 0.6 is 0 Å². The summed E-state index contributed by atoms with van der Waals surface area (Å²) in [6.45, 7) is 2.44. The Kier molecular flexibility index (Phi) is 2.96. The smallest absolute Gasteiger partial charge is 0.00235 e. The first-order chi connectivity index (χ1) is 7.93. The summed E-state index contributed by atoms with van der Waals surface area (Å²) in [6, 6.07) is 8.88. The molecule has 2 aliphatic rings. The van der Waals surface area contributed by atoms with Gasteiger partial charge in [-0.1, -0.05) is 37.1 Å². The minimum absolute atomic E-state index is 0.789. The molecule has 1 aromatic carbocycles. The molecule has 0 spiro atoms. The monoisotopic (exact) mass is 215 g/mol. The van der Waals surface area contributed by atoms with E-state index in [4.69, 9.17) is 0 Å². The Morgan fingerprint density at radius 1 is 1.06 bits per heavy atom. The van der Waals surface area contributed by atoms with Crippen LogP contribution in [0, 0.1) is 5.92 Å². The molecule has 0 bridgehead atoms. The number of benzene rings is 1. The van der Waals surface area contributed by atoms with E-state index in [2.05, 4.69) is 29.6 Å². The van der Waals surface area contributed by atoms with E-state index in [1.807, 2.05) is 0 Å². The second kappa shape index (κ2) is 4.58. The van der Waals surface area contributed by atoms with E-state index >= 15 is 0 Å². The number of nitrogens with one attached hydrogen (secondary N) is 1. The van der Waals surface area contributed by atoms with Crippen molar-refractivity contribution in [3.63, 3.8) is 0 Å². The van der Waals surface area contributed by atoms with Crippen LogP contribution in [0.25, 0.3) is 0 Å². The van der Waals surface area contributed by atoms with Crippen molar-refractivity contribution in [2.24, 2.45) is 5.92 Å². The molecule has 86 valence electrons. The molecule has 1 N–H and O–H groups in total. The Hall–Kier alpha value is -0.820. The van der Waals surface area contributed by atoms with Gasteiger partial charge in [0.1, 0.15) is 0 Å². The van der Waals surface area contributed by atoms with Crippen LogP contribution in [0.1, 0.15) is 42.7 Å². The molecule has 0 aromatic heterocycles. The van der Waals surface area contributed by atoms with Crippen molar-refractivity contribution in [2.75, 3.05) is 13.1 Å². The summed E-state index contributed by atoms with van der Waals surface area (Å²) in [6.07, 6.45) is 7.10. The summed E-state index contributed by atoms with van der Waals surface area (Å²) in [5, 5.41) is 3.67. The molecule has 0 radical (unpaired) electrons. The maximum absolute atomic E-state index is 3.67. The van der Waals surface area contributed by atoms with Crippen LogP contribution in [-0.4, -0.2) is 13.1 Å². The van der Waals surface area contributed by atoms with Crippen LogP contribution in [0.2, 0.25) is 0 Å². The molecule has 1 atom stereocenters. The van der Waals surface area contributed by atoms with E-state index in [9.17, 15) is 0 Å². The number of fused-ring (bicyclic) bond motifs is 1. The van der Waals surface area contributed by atoms with Gasteiger partial charge in [-0.15, -0.1) is 0 Å². The van der Waals surface area contributed by atoms with Crippen LogP contribution in [0.5, 0.6) is 0 Å². The molecule has 1 fully saturated rings. The average molecular weight is 215 g/mol. The van der Waals surface area contributed by atoms with Gasteiger partial charge in [-0.05, 0) is 42.9 Å². The van der Waals surface area contributed by atoms with Gasteiger partial charge in [0.2, 0.25) is 0 Å². The lowest BCUT2D eigenvalue weighted by Gasteiger charge is -2.30. The summed E-state index contributed by atoms with van der Waals surface area (Å²) in [5.74, 6) is 1.76. The highest BCUT2D eigenvalue weighted by Gasteiger charge is 2.25. The quantitative estimate of drug-likeness (QED) is 0.813. The highest BCUT2D eigenvalue weighted by Crippen LogP contribution is 2.34. The Morgan fingerprint density at radius 3 is 2.69 bits per heavy atom. The predicted molar refractivity (Wildman–Crippen MR) is 67.7 cm³/mol. The van der Waals surface area contributed by atoms with Gasteiger partial charge in [0.15, 0.2) is 0 Å². The van der Waals surface area contributed by atoms with Crippen LogP contribution in [0.4, 0.5) is 0 Å². The Bertz CT molecular complexity index is 352. The SMILES string of the molecule is c1ccc2c(c1)CC2CNCC1CCCC1. The fraction of sp³-hybridized carbons (Fsp3) is 0.600. The Labute approximate surface area is 98.3 Å². The van der Waals surface area contributed by atoms with E-state index in [0.717, 1.165) is 11.8 Å². The minimum atomic E-state index is 0.789. The molecular weight excluding hydrogens is 194 g/mol. The average Bonchev–Trinajstić information content (AvgIpc) is 2.77. The third-order valence-corrected chi connectivity index (χ3v) is 4.26. The number of rotatable bonds is 4. The molecule has 0 amide bonds. The Morgan fingerprint density at radius 2 is 1.88 bits per heavy atom. The lowest BCUT2D eigenvalue weighted by Crippen LogP contribution is -2.31. The van der Waals surface area contributed by atoms with Crippen molar-refractivity contribution in [1.29, 1.82) is 0 Å². The summed E-state index contributed by atoms with van der Waals surface area (Å²) in [5.41, 5.74) is 3.15. The highest BCUT2D eigenvalue weighted by atomic mass is 14.9. The second-order valence-electron chi connectivity index (χ2n) is 5.41. The zero-order valence-electron chi connectivity index (χ0n) is 9.91. The van der Waals surface area contributed by atoms with Gasteiger partial charge in [0, 0.05) is 12.5 Å². The number of hydrogen-bond acceptors (Lipinski definition) is 1. The molecule has 2 aliphatic carbocycles. The van der Waals surface area contributed by atoms with E-state index < -0.39 is 0 Å². The zero-order valence-corrected chi connectivity index (χ0v) is 9.91. The van der Waals surface area contributed by atoms with Crippen molar-refractivity contribution < 1.29 is 0 Å². The van der Waals surface area contributed by atoms with Crippen molar-refractivity contribution in [3.8, 4) is 0 Å². The maximum atomic E-state index is 3.67. The van der Waals surface area contributed by atoms with Crippen molar-refractivity contribution in [1.82, 2.24) is 5.32 Å². The van der Waals surface area contributed by atoms with Gasteiger partial charge in [-0.3, -0.25) is 0 Å². The molecule has 0 saturated heterocycles. The fourth-order valence-corrected chi connectivity index (χ4v) is 3.22. The molecule has 1 aromatic rings. The van der Waals surface area contributed by atoms with E-state index in [-0.39, 0.29) is 0 Å². The summed E-state index contributed by atoms with van der Waals surface area (Å²) in [4.78, 5) is 0. The standard InChI is InChI=1S/C15H21N/c1-2-6-12(5-1)10-16-11-14-9-13-7-3-4-8-15(13)14/h3-4,7-8,12,14,16H,1-2,5-6,9-11H2. The topological polar surface area (TPSA) is 12.0 Å². The molecular formula is C15H21N. The van der Waals surface area contributed by atoms with Gasteiger partial charge in [-0.25, -0.2) is 0 Å². The molecule has 16 heavy (non-hydrogen) atoms. The third-order valence-electron chi connectivity index (χ3n) is 4.26. The molecule has 1 saturated carbocycles. The van der Waals surface area contributed by atoms with Gasteiger partial charge >= 0.3 is 0 Å². The van der Waals surface area contributed by atoms with Crippen molar-refractivity contribution in [2.45, 2.75) is 38.0 Å². The van der Waals surface area contributed by atoms with Crippen LogP contribution in [0.15, 0.2) is 24.3 Å². The van der Waals surface area contributed by atoms with Crippen LogP contribution in [-0.2, 0) is 6.42 Å². The first-order valence-electron chi connectivity index (χ1n) is 6.72. The third kappa shape index (κ3) is 2.01. The highest BCUT2D eigenvalue weighted by molar-refractivity contribution is 5.40. The largest absolute Gasteiger partial charge is 0.316 e. The first-order valence-corrected chi connectivity index (χ1v) is 6.72. The summed E-state index contributed by atoms with van der Waals surface area (Å²) in [7, 11) is 0. The Balaban J connectivity index is 1.44. The molecule has 1 unspecified atom stereocenters. The number of hydrogen-bond donors (Lipinski definition) is 1. The van der Waals surface area contributed by atoms with E-state index in [0.29, 0.717) is 0 Å². The summed E-state index contributed by atoms with van der Waals surface area (Å²) >= 11 is 0. The van der Waals surface area contributed by atoms with Crippen molar-refractivity contribution in [3.05, 3.63) is 35.4 Å². The lowest BCUT2D eigenvalue weighted by atomic mass is 9.77. The molecule has 3 rings (SSSR count). The van der Waals surface area contributed by atoms with E-state index in [1.54, 1.807) is 11.1 Å². The first kappa shape index (κ1) is 10.3. The van der Waals surface area contributed by atoms with Crippen LogP contribution in [0.3, 0.4) is 0 Å². The minimum Gasteiger partial charge on any atom is -0.316 e. The van der Waals surface area contributed by atoms with Gasteiger partial charge in [0.05, 0.1) is 0 Å². The van der Waals surface area contributed by atoms with Gasteiger partial charge in [0.25, 0.3) is 0 Å². The molecule has 1 nitrogen and oxygen atoms in total. The van der Waals surface area contributed by atoms with E-state index in [1.165, 1.54) is 45.2 Å². The maximum Gasteiger partial charge on any atom is 0.00235 e. The molecule has 1 heteroatoms. The normalized spacial score (nSPS) is 24.1. The molecule has 0 heterocycles. The van der Waals surface area contributed by atoms with Gasteiger partial charge in [-0.2, -0.15) is 0 Å². The van der Waals surface area contributed by atoms with Crippen molar-refractivity contribution >= 4 is 0 Å². The zero-order chi connectivity index (χ0) is 10.8. The summed E-state index contributed by atoms with van der Waals surface area (Å²) < 4.78 is 0. The molecule has 0 aliphatic heterocycles. The van der Waals surface area contributed by atoms with Crippen LogP contribution < -0.4 is 5.32 Å². The predicted octanol–water partition coefficient (Wildman–Crippen LogP) is 3.11. The fourth-order valence-electron chi connectivity index (χ4n) is 3.22. The van der Waals surface area contributed by atoms with Gasteiger partial charge < -0.3 is 5.32 Å². The second-order valence-corrected chi connectivity index (χ2v) is 5.41.